The summed E-state index contributed by atoms with van der Waals surface area (Å²) < 4.78 is 1.88. The predicted molar refractivity (Wildman–Crippen MR) is 99.6 cm³/mol. The molecule has 0 aliphatic heterocycles. The van der Waals surface area contributed by atoms with Gasteiger partial charge in [-0.15, -0.1) is 5.10 Å². The van der Waals surface area contributed by atoms with Crippen LogP contribution in [0, 0.1) is 6.92 Å². The third-order valence-corrected chi connectivity index (χ3v) is 4.52. The van der Waals surface area contributed by atoms with Crippen LogP contribution in [0.15, 0.2) is 48.5 Å². The van der Waals surface area contributed by atoms with Gasteiger partial charge in [-0.3, -0.25) is 0 Å². The maximum Gasteiger partial charge on any atom is 0.176 e. The summed E-state index contributed by atoms with van der Waals surface area (Å²) in [6.07, 6.45) is 0.939. The molecule has 25 heavy (non-hydrogen) atoms. The van der Waals surface area contributed by atoms with Crippen molar-refractivity contribution < 1.29 is 0 Å². The van der Waals surface area contributed by atoms with Crippen molar-refractivity contribution in [2.24, 2.45) is 0 Å². The van der Waals surface area contributed by atoms with E-state index in [4.69, 9.17) is 0 Å². The van der Waals surface area contributed by atoms with Crippen molar-refractivity contribution in [2.45, 2.75) is 46.2 Å². The van der Waals surface area contributed by atoms with Crippen LogP contribution in [0.4, 0.5) is 0 Å². The Morgan fingerprint density at radius 2 is 1.80 bits per heavy atom. The summed E-state index contributed by atoms with van der Waals surface area (Å²) in [7, 11) is 0. The van der Waals surface area contributed by atoms with Crippen molar-refractivity contribution in [3.63, 3.8) is 0 Å². The fourth-order valence-electron chi connectivity index (χ4n) is 3.03. The van der Waals surface area contributed by atoms with E-state index < -0.39 is 0 Å². The lowest BCUT2D eigenvalue weighted by Gasteiger charge is -2.26. The first-order valence-electron chi connectivity index (χ1n) is 8.69. The molecular formula is C20H25N5. The topological polar surface area (TPSA) is 55.6 Å². The Balaban J connectivity index is 1.93. The average Bonchev–Trinajstić information content (AvgIpc) is 3.11. The molecule has 3 rings (SSSR count). The summed E-state index contributed by atoms with van der Waals surface area (Å²) in [5.74, 6) is 0.812. The molecule has 0 aliphatic carbocycles. The van der Waals surface area contributed by atoms with Crippen LogP contribution < -0.4 is 5.32 Å². The molecule has 2 aromatic carbocycles. The summed E-state index contributed by atoms with van der Waals surface area (Å²) >= 11 is 0. The number of aryl methyl sites for hydroxylation is 2. The molecule has 0 atom stereocenters. The first kappa shape index (κ1) is 17.3. The standard InChI is InChI=1S/C20H25N5/c1-5-17-13-9-10-15(2)18(17)25-19(22-23-24-25)20(3,4)21-14-16-11-7-6-8-12-16/h6-13,21H,5,14H2,1-4H3. The number of aromatic nitrogens is 4. The van der Waals surface area contributed by atoms with Gasteiger partial charge < -0.3 is 5.32 Å². The molecule has 5 nitrogen and oxygen atoms in total. The Kier molecular flexibility index (Phi) is 4.95. The molecule has 1 heterocycles. The quantitative estimate of drug-likeness (QED) is 0.748. The largest absolute Gasteiger partial charge is 0.301 e. The molecule has 1 N–H and O–H groups in total. The highest BCUT2D eigenvalue weighted by Gasteiger charge is 2.28. The predicted octanol–water partition coefficient (Wildman–Crippen LogP) is 3.56. The normalized spacial score (nSPS) is 11.7. The van der Waals surface area contributed by atoms with E-state index in [1.807, 2.05) is 10.7 Å². The average molecular weight is 335 g/mol. The highest BCUT2D eigenvalue weighted by atomic mass is 15.6. The summed E-state index contributed by atoms with van der Waals surface area (Å²) in [5, 5.41) is 16.2. The third-order valence-electron chi connectivity index (χ3n) is 4.52. The highest BCUT2D eigenvalue weighted by molar-refractivity contribution is 5.47. The number of para-hydroxylation sites is 1. The minimum Gasteiger partial charge on any atom is -0.301 e. The van der Waals surface area contributed by atoms with E-state index in [1.165, 1.54) is 16.7 Å². The Labute approximate surface area is 149 Å². The van der Waals surface area contributed by atoms with Gasteiger partial charge in [0.2, 0.25) is 0 Å². The second-order valence-electron chi connectivity index (χ2n) is 6.81. The van der Waals surface area contributed by atoms with Gasteiger partial charge in [0.1, 0.15) is 0 Å². The highest BCUT2D eigenvalue weighted by Crippen LogP contribution is 2.25. The first-order chi connectivity index (χ1) is 12.0. The summed E-state index contributed by atoms with van der Waals surface area (Å²) in [5.41, 5.74) is 4.37. The van der Waals surface area contributed by atoms with Crippen molar-refractivity contribution in [3.05, 3.63) is 71.0 Å². The maximum atomic E-state index is 4.33. The molecule has 0 radical (unpaired) electrons. The van der Waals surface area contributed by atoms with Crippen molar-refractivity contribution in [1.82, 2.24) is 25.5 Å². The number of hydrogen-bond donors (Lipinski definition) is 1. The Morgan fingerprint density at radius 1 is 1.04 bits per heavy atom. The number of hydrogen-bond acceptors (Lipinski definition) is 4. The number of nitrogens with one attached hydrogen (secondary N) is 1. The van der Waals surface area contributed by atoms with Crippen LogP contribution in [0.1, 0.15) is 43.3 Å². The first-order valence-corrected chi connectivity index (χ1v) is 8.69. The monoisotopic (exact) mass is 335 g/mol. The van der Waals surface area contributed by atoms with Gasteiger partial charge in [-0.05, 0) is 54.3 Å². The molecule has 0 aliphatic rings. The van der Waals surface area contributed by atoms with Gasteiger partial charge >= 0.3 is 0 Å². The number of benzene rings is 2. The molecule has 0 fully saturated rings. The van der Waals surface area contributed by atoms with Crippen LogP contribution in [0.25, 0.3) is 5.69 Å². The van der Waals surface area contributed by atoms with Crippen LogP contribution in [0.5, 0.6) is 0 Å². The third kappa shape index (κ3) is 3.61. The Morgan fingerprint density at radius 3 is 2.52 bits per heavy atom. The molecule has 0 saturated carbocycles. The molecule has 1 aromatic heterocycles. The smallest absolute Gasteiger partial charge is 0.176 e. The number of rotatable bonds is 6. The van der Waals surface area contributed by atoms with Crippen LogP contribution in [-0.4, -0.2) is 20.2 Å². The van der Waals surface area contributed by atoms with Gasteiger partial charge in [0.05, 0.1) is 11.2 Å². The van der Waals surface area contributed by atoms with E-state index in [0.717, 1.165) is 24.5 Å². The van der Waals surface area contributed by atoms with E-state index in [2.05, 4.69) is 91.0 Å². The number of tetrazole rings is 1. The van der Waals surface area contributed by atoms with Crippen molar-refractivity contribution in [1.29, 1.82) is 0 Å². The summed E-state index contributed by atoms with van der Waals surface area (Å²) in [4.78, 5) is 0. The molecule has 0 amide bonds. The van der Waals surface area contributed by atoms with E-state index >= 15 is 0 Å². The summed E-state index contributed by atoms with van der Waals surface area (Å²) in [6.45, 7) is 9.24. The lowest BCUT2D eigenvalue weighted by molar-refractivity contribution is 0.369. The fourth-order valence-corrected chi connectivity index (χ4v) is 3.03. The maximum absolute atomic E-state index is 4.33. The molecule has 0 saturated heterocycles. The van der Waals surface area contributed by atoms with Crippen molar-refractivity contribution >= 4 is 0 Å². The van der Waals surface area contributed by atoms with E-state index in [-0.39, 0.29) is 5.54 Å². The molecule has 130 valence electrons. The van der Waals surface area contributed by atoms with Crippen LogP contribution >= 0.6 is 0 Å². The lowest BCUT2D eigenvalue weighted by Crippen LogP contribution is -2.38. The molecular weight excluding hydrogens is 310 g/mol. The SMILES string of the molecule is CCc1cccc(C)c1-n1nnnc1C(C)(C)NCc1ccccc1. The van der Waals surface area contributed by atoms with Crippen molar-refractivity contribution in [3.8, 4) is 5.69 Å². The molecule has 5 heteroatoms. The van der Waals surface area contributed by atoms with E-state index in [9.17, 15) is 0 Å². The van der Waals surface area contributed by atoms with Gasteiger partial charge in [-0.1, -0.05) is 55.5 Å². The Hall–Kier alpha value is -2.53. The van der Waals surface area contributed by atoms with E-state index in [1.54, 1.807) is 0 Å². The van der Waals surface area contributed by atoms with Crippen LogP contribution in [-0.2, 0) is 18.5 Å². The van der Waals surface area contributed by atoms with Gasteiger partial charge in [0.25, 0.3) is 0 Å². The zero-order valence-corrected chi connectivity index (χ0v) is 15.3. The molecule has 0 spiro atoms. The van der Waals surface area contributed by atoms with Crippen LogP contribution in [0.3, 0.4) is 0 Å². The number of nitrogens with zero attached hydrogens (tertiary/aromatic N) is 4. The second kappa shape index (κ2) is 7.15. The molecule has 0 unspecified atom stereocenters. The van der Waals surface area contributed by atoms with Gasteiger partial charge in [0, 0.05) is 6.54 Å². The second-order valence-corrected chi connectivity index (χ2v) is 6.81. The Bertz CT molecular complexity index is 836. The van der Waals surface area contributed by atoms with Gasteiger partial charge in [-0.2, -0.15) is 4.68 Å². The minimum absolute atomic E-state index is 0.368. The zero-order chi connectivity index (χ0) is 17.9. The van der Waals surface area contributed by atoms with Gasteiger partial charge in [0.15, 0.2) is 5.82 Å². The molecule has 0 bridgehead atoms. The van der Waals surface area contributed by atoms with E-state index in [0.29, 0.717) is 0 Å². The minimum atomic E-state index is -0.368. The fraction of sp³-hybridized carbons (Fsp3) is 0.350. The zero-order valence-electron chi connectivity index (χ0n) is 15.3. The van der Waals surface area contributed by atoms with Gasteiger partial charge in [-0.25, -0.2) is 0 Å². The molecule has 3 aromatic rings. The van der Waals surface area contributed by atoms with Crippen molar-refractivity contribution in [2.75, 3.05) is 0 Å². The van der Waals surface area contributed by atoms with Crippen LogP contribution in [0.2, 0.25) is 0 Å². The lowest BCUT2D eigenvalue weighted by atomic mass is 10.0. The summed E-state index contributed by atoms with van der Waals surface area (Å²) in [6, 6.07) is 16.7.